The maximum atomic E-state index is 13.0. The molecule has 0 bridgehead atoms. The number of hydrogen-bond donors (Lipinski definition) is 1. The van der Waals surface area contributed by atoms with Crippen LogP contribution in [0.25, 0.3) is 11.1 Å². The Balaban J connectivity index is 1.84. The number of piperidine rings is 1. The third kappa shape index (κ3) is 3.03. The topological polar surface area (TPSA) is 55.0 Å². The fourth-order valence-corrected chi connectivity index (χ4v) is 2.62. The summed E-state index contributed by atoms with van der Waals surface area (Å²) in [5, 5.41) is 0. The van der Waals surface area contributed by atoms with Crippen molar-refractivity contribution in [2.75, 3.05) is 18.0 Å². The third-order valence-electron chi connectivity index (χ3n) is 3.94. The molecule has 0 aliphatic carbocycles. The first-order valence-electron chi connectivity index (χ1n) is 7.23. The molecule has 0 radical (unpaired) electrons. The van der Waals surface area contributed by atoms with Gasteiger partial charge in [-0.1, -0.05) is 12.1 Å². The molecular weight excluding hydrogens is 267 g/mol. The van der Waals surface area contributed by atoms with E-state index in [-0.39, 0.29) is 5.82 Å². The van der Waals surface area contributed by atoms with Gasteiger partial charge in [-0.15, -0.1) is 0 Å². The van der Waals surface area contributed by atoms with Crippen molar-refractivity contribution in [1.29, 1.82) is 0 Å². The Morgan fingerprint density at radius 2 is 1.86 bits per heavy atom. The molecule has 1 aromatic heterocycles. The predicted molar refractivity (Wildman–Crippen MR) is 81.6 cm³/mol. The molecule has 0 amide bonds. The van der Waals surface area contributed by atoms with E-state index in [4.69, 9.17) is 5.73 Å². The molecular formula is C16H19FN4. The maximum absolute atomic E-state index is 13.0. The van der Waals surface area contributed by atoms with Crippen LogP contribution in [0.5, 0.6) is 0 Å². The maximum Gasteiger partial charge on any atom is 0.225 e. The lowest BCUT2D eigenvalue weighted by molar-refractivity contribution is 0.495. The minimum atomic E-state index is -0.237. The van der Waals surface area contributed by atoms with Crippen molar-refractivity contribution in [3.05, 3.63) is 42.0 Å². The SMILES string of the molecule is Cc1nc(N2CCC(N)CC2)ncc1-c1ccc(F)cc1. The van der Waals surface area contributed by atoms with Gasteiger partial charge in [0.1, 0.15) is 5.82 Å². The summed E-state index contributed by atoms with van der Waals surface area (Å²) in [6, 6.07) is 6.70. The minimum absolute atomic E-state index is 0.237. The van der Waals surface area contributed by atoms with Crippen LogP contribution in [0.15, 0.2) is 30.5 Å². The van der Waals surface area contributed by atoms with Crippen molar-refractivity contribution >= 4 is 5.95 Å². The molecule has 1 aromatic carbocycles. The van der Waals surface area contributed by atoms with Crippen LogP contribution in [0.4, 0.5) is 10.3 Å². The van der Waals surface area contributed by atoms with E-state index in [0.29, 0.717) is 6.04 Å². The molecule has 21 heavy (non-hydrogen) atoms. The summed E-state index contributed by atoms with van der Waals surface area (Å²) in [5.41, 5.74) is 8.69. The Kier molecular flexibility index (Phi) is 3.84. The van der Waals surface area contributed by atoms with E-state index in [1.807, 2.05) is 13.1 Å². The van der Waals surface area contributed by atoms with E-state index in [1.165, 1.54) is 12.1 Å². The lowest BCUT2D eigenvalue weighted by Gasteiger charge is -2.30. The number of nitrogens with zero attached hydrogens (tertiary/aromatic N) is 3. The van der Waals surface area contributed by atoms with Gasteiger partial charge in [0, 0.05) is 30.9 Å². The highest BCUT2D eigenvalue weighted by atomic mass is 19.1. The lowest BCUT2D eigenvalue weighted by atomic mass is 10.1. The number of aromatic nitrogens is 2. The van der Waals surface area contributed by atoms with Gasteiger partial charge in [0.15, 0.2) is 0 Å². The van der Waals surface area contributed by atoms with Crippen molar-refractivity contribution in [2.45, 2.75) is 25.8 Å². The van der Waals surface area contributed by atoms with Crippen molar-refractivity contribution in [3.8, 4) is 11.1 Å². The van der Waals surface area contributed by atoms with Crippen LogP contribution in [-0.2, 0) is 0 Å². The summed E-state index contributed by atoms with van der Waals surface area (Å²) >= 11 is 0. The number of benzene rings is 1. The van der Waals surface area contributed by atoms with Crippen molar-refractivity contribution in [1.82, 2.24) is 9.97 Å². The molecule has 3 rings (SSSR count). The van der Waals surface area contributed by atoms with Crippen LogP contribution >= 0.6 is 0 Å². The lowest BCUT2D eigenvalue weighted by Crippen LogP contribution is -2.40. The van der Waals surface area contributed by atoms with Gasteiger partial charge >= 0.3 is 0 Å². The second-order valence-corrected chi connectivity index (χ2v) is 5.50. The standard InChI is InChI=1S/C16H19FN4/c1-11-15(12-2-4-13(17)5-3-12)10-19-16(20-11)21-8-6-14(18)7-9-21/h2-5,10,14H,6-9,18H2,1H3. The number of aryl methyl sites for hydroxylation is 1. The zero-order chi connectivity index (χ0) is 14.8. The van der Waals surface area contributed by atoms with Crippen molar-refractivity contribution in [3.63, 3.8) is 0 Å². The zero-order valence-electron chi connectivity index (χ0n) is 12.1. The summed E-state index contributed by atoms with van der Waals surface area (Å²) in [6.45, 7) is 3.76. The molecule has 2 N–H and O–H groups in total. The normalized spacial score (nSPS) is 16.2. The summed E-state index contributed by atoms with van der Waals surface area (Å²) in [4.78, 5) is 11.2. The quantitative estimate of drug-likeness (QED) is 0.921. The fourth-order valence-electron chi connectivity index (χ4n) is 2.62. The molecule has 4 nitrogen and oxygen atoms in total. The predicted octanol–water partition coefficient (Wildman–Crippen LogP) is 2.52. The highest BCUT2D eigenvalue weighted by Crippen LogP contribution is 2.24. The molecule has 2 aromatic rings. The third-order valence-corrected chi connectivity index (χ3v) is 3.94. The average molecular weight is 286 g/mol. The smallest absolute Gasteiger partial charge is 0.225 e. The van der Waals surface area contributed by atoms with E-state index in [2.05, 4.69) is 14.9 Å². The van der Waals surface area contributed by atoms with Crippen molar-refractivity contribution < 1.29 is 4.39 Å². The first-order chi connectivity index (χ1) is 10.1. The van der Waals surface area contributed by atoms with Gasteiger partial charge in [-0.2, -0.15) is 0 Å². The first-order valence-corrected chi connectivity index (χ1v) is 7.23. The van der Waals surface area contributed by atoms with Gasteiger partial charge in [0.2, 0.25) is 5.95 Å². The second kappa shape index (κ2) is 5.77. The van der Waals surface area contributed by atoms with Gasteiger partial charge in [0.25, 0.3) is 0 Å². The molecule has 0 saturated carbocycles. The van der Waals surface area contributed by atoms with Crippen molar-refractivity contribution in [2.24, 2.45) is 5.73 Å². The second-order valence-electron chi connectivity index (χ2n) is 5.50. The van der Waals surface area contributed by atoms with Crippen LogP contribution in [0.1, 0.15) is 18.5 Å². The van der Waals surface area contributed by atoms with Gasteiger partial charge < -0.3 is 10.6 Å². The highest BCUT2D eigenvalue weighted by Gasteiger charge is 2.18. The Morgan fingerprint density at radius 1 is 1.19 bits per heavy atom. The van der Waals surface area contributed by atoms with Gasteiger partial charge in [-0.05, 0) is 37.5 Å². The Hall–Kier alpha value is -2.01. The van der Waals surface area contributed by atoms with Gasteiger partial charge in [-0.25, -0.2) is 14.4 Å². The number of rotatable bonds is 2. The number of anilines is 1. The van der Waals surface area contributed by atoms with Crippen LogP contribution in [0.3, 0.4) is 0 Å². The Morgan fingerprint density at radius 3 is 2.48 bits per heavy atom. The van der Waals surface area contributed by atoms with Gasteiger partial charge in [-0.3, -0.25) is 0 Å². The van der Waals surface area contributed by atoms with Gasteiger partial charge in [0.05, 0.1) is 5.69 Å². The fraction of sp³-hybridized carbons (Fsp3) is 0.375. The monoisotopic (exact) mass is 286 g/mol. The number of halogens is 1. The van der Waals surface area contributed by atoms with E-state index in [1.54, 1.807) is 12.1 Å². The molecule has 0 spiro atoms. The van der Waals surface area contributed by atoms with E-state index in [9.17, 15) is 4.39 Å². The molecule has 1 fully saturated rings. The molecule has 2 heterocycles. The van der Waals surface area contributed by atoms with E-state index < -0.39 is 0 Å². The van der Waals surface area contributed by atoms with Crippen LogP contribution in [0.2, 0.25) is 0 Å². The molecule has 110 valence electrons. The Bertz CT molecular complexity index is 619. The van der Waals surface area contributed by atoms with Crippen LogP contribution in [-0.4, -0.2) is 29.1 Å². The molecule has 5 heteroatoms. The van der Waals surface area contributed by atoms with E-state index >= 15 is 0 Å². The zero-order valence-corrected chi connectivity index (χ0v) is 12.1. The first kappa shape index (κ1) is 13.9. The molecule has 0 atom stereocenters. The number of nitrogens with two attached hydrogens (primary N) is 1. The summed E-state index contributed by atoms with van der Waals surface area (Å²) in [5.74, 6) is 0.517. The molecule has 1 saturated heterocycles. The number of hydrogen-bond acceptors (Lipinski definition) is 4. The summed E-state index contributed by atoms with van der Waals surface area (Å²) < 4.78 is 13.0. The highest BCUT2D eigenvalue weighted by molar-refractivity contribution is 5.65. The van der Waals surface area contributed by atoms with Crippen LogP contribution in [0, 0.1) is 12.7 Å². The Labute approximate surface area is 123 Å². The van der Waals surface area contributed by atoms with Crippen LogP contribution < -0.4 is 10.6 Å². The van der Waals surface area contributed by atoms with E-state index in [0.717, 1.165) is 48.7 Å². The average Bonchev–Trinajstić information content (AvgIpc) is 2.49. The summed E-state index contributed by atoms with van der Waals surface area (Å²) in [7, 11) is 0. The molecule has 1 aliphatic rings. The molecule has 0 unspecified atom stereocenters. The molecule has 1 aliphatic heterocycles. The minimum Gasteiger partial charge on any atom is -0.341 e. The largest absolute Gasteiger partial charge is 0.341 e. The summed E-state index contributed by atoms with van der Waals surface area (Å²) in [6.07, 6.45) is 3.77.